The minimum absolute atomic E-state index is 0.129. The highest BCUT2D eigenvalue weighted by atomic mass is 16.2. The van der Waals surface area contributed by atoms with Crippen LogP contribution in [-0.2, 0) is 4.79 Å². The molecule has 0 spiro atoms. The van der Waals surface area contributed by atoms with Crippen LogP contribution in [0.25, 0.3) is 0 Å². The number of carbonyl (C=O) groups excluding carboxylic acids is 2. The van der Waals surface area contributed by atoms with Crippen LogP contribution < -0.4 is 0 Å². The molecule has 0 aromatic heterocycles. The average Bonchev–Trinajstić information content (AvgIpc) is 3.64. The van der Waals surface area contributed by atoms with Gasteiger partial charge in [-0.2, -0.15) is 0 Å². The number of fused-ring (bicyclic) bond motifs is 1. The van der Waals surface area contributed by atoms with Gasteiger partial charge in [0.15, 0.2) is 5.78 Å². The monoisotopic (exact) mass is 386 g/mol. The Morgan fingerprint density at radius 1 is 0.786 bits per heavy atom. The maximum absolute atomic E-state index is 13.3. The highest BCUT2D eigenvalue weighted by Gasteiger charge is 2.44. The number of urea groups is 1. The minimum Gasteiger partial charge on any atom is -0.321 e. The van der Waals surface area contributed by atoms with Gasteiger partial charge in [0.2, 0.25) is 0 Å². The number of nitrogens with zero attached hydrogens (tertiary/aromatic N) is 2. The lowest BCUT2D eigenvalue weighted by Crippen LogP contribution is -2.50. The third-order valence-corrected chi connectivity index (χ3v) is 8.54. The first-order chi connectivity index (χ1) is 13.7. The fraction of sp³-hybridized carbons (Fsp3) is 0.917. The maximum Gasteiger partial charge on any atom is 0.320 e. The SMILES string of the molecule is O=C(CCCC(C1CC1)C1CC1)[C@@H]1CCCN1C(=O)N1CCC2CCCCC21. The van der Waals surface area contributed by atoms with Gasteiger partial charge in [-0.15, -0.1) is 0 Å². The van der Waals surface area contributed by atoms with Gasteiger partial charge in [-0.05, 0) is 94.3 Å². The Balaban J connectivity index is 1.14. The van der Waals surface area contributed by atoms with Crippen molar-refractivity contribution in [1.29, 1.82) is 0 Å². The molecular weight excluding hydrogens is 348 g/mol. The molecule has 0 radical (unpaired) electrons. The second-order valence-corrected chi connectivity index (χ2v) is 10.4. The predicted molar refractivity (Wildman–Crippen MR) is 110 cm³/mol. The Morgan fingerprint density at radius 3 is 2.29 bits per heavy atom. The molecule has 2 unspecified atom stereocenters. The van der Waals surface area contributed by atoms with Crippen molar-refractivity contribution in [3.8, 4) is 0 Å². The van der Waals surface area contributed by atoms with Crippen LogP contribution in [0.4, 0.5) is 4.79 Å². The van der Waals surface area contributed by atoms with Gasteiger partial charge in [-0.1, -0.05) is 12.8 Å². The number of likely N-dealkylation sites (tertiary alicyclic amines) is 2. The molecular formula is C24H38N2O2. The Labute approximate surface area is 170 Å². The van der Waals surface area contributed by atoms with Crippen molar-refractivity contribution >= 4 is 11.8 Å². The summed E-state index contributed by atoms with van der Waals surface area (Å²) in [7, 11) is 0. The summed E-state index contributed by atoms with van der Waals surface area (Å²) in [4.78, 5) is 30.4. The van der Waals surface area contributed by atoms with Crippen molar-refractivity contribution < 1.29 is 9.59 Å². The Morgan fingerprint density at radius 2 is 1.54 bits per heavy atom. The number of hydrogen-bond acceptors (Lipinski definition) is 2. The Kier molecular flexibility index (Phi) is 5.40. The molecule has 0 aromatic rings. The molecule has 3 atom stereocenters. The van der Waals surface area contributed by atoms with Crippen LogP contribution in [0.2, 0.25) is 0 Å². The number of Topliss-reactive ketones (excluding diaryl/α,β-unsaturated/α-hetero) is 1. The van der Waals surface area contributed by atoms with E-state index in [1.807, 2.05) is 4.90 Å². The van der Waals surface area contributed by atoms with E-state index in [-0.39, 0.29) is 12.1 Å². The van der Waals surface area contributed by atoms with Crippen LogP contribution in [0.3, 0.4) is 0 Å². The molecule has 3 aliphatic carbocycles. The second-order valence-electron chi connectivity index (χ2n) is 10.4. The third-order valence-electron chi connectivity index (χ3n) is 8.54. The summed E-state index contributed by atoms with van der Waals surface area (Å²) < 4.78 is 0. The summed E-state index contributed by atoms with van der Waals surface area (Å²) >= 11 is 0. The van der Waals surface area contributed by atoms with Gasteiger partial charge in [-0.3, -0.25) is 4.79 Å². The van der Waals surface area contributed by atoms with Crippen LogP contribution in [0.1, 0.15) is 89.9 Å². The van der Waals surface area contributed by atoms with Gasteiger partial charge in [0, 0.05) is 25.6 Å². The highest BCUT2D eigenvalue weighted by molar-refractivity contribution is 5.89. The summed E-state index contributed by atoms with van der Waals surface area (Å²) in [5.41, 5.74) is 0. The lowest BCUT2D eigenvalue weighted by atomic mass is 9.85. The largest absolute Gasteiger partial charge is 0.321 e. The van der Waals surface area contributed by atoms with E-state index in [1.165, 1.54) is 64.2 Å². The van der Waals surface area contributed by atoms with Crippen molar-refractivity contribution in [2.75, 3.05) is 13.1 Å². The number of carbonyl (C=O) groups is 2. The van der Waals surface area contributed by atoms with Gasteiger partial charge in [0.25, 0.3) is 0 Å². The summed E-state index contributed by atoms with van der Waals surface area (Å²) in [5.74, 6) is 3.92. The molecule has 4 heteroatoms. The molecule has 0 bridgehead atoms. The summed E-state index contributed by atoms with van der Waals surface area (Å²) in [6.07, 6.45) is 16.8. The zero-order chi connectivity index (χ0) is 19.1. The van der Waals surface area contributed by atoms with Crippen molar-refractivity contribution in [3.63, 3.8) is 0 Å². The molecule has 2 aliphatic heterocycles. The van der Waals surface area contributed by atoms with Crippen molar-refractivity contribution in [3.05, 3.63) is 0 Å². The van der Waals surface area contributed by atoms with E-state index in [9.17, 15) is 9.59 Å². The quantitative estimate of drug-likeness (QED) is 0.617. The lowest BCUT2D eigenvalue weighted by molar-refractivity contribution is -0.122. The van der Waals surface area contributed by atoms with E-state index in [4.69, 9.17) is 0 Å². The molecule has 0 N–H and O–H groups in total. The Bertz CT molecular complexity index is 585. The van der Waals surface area contributed by atoms with E-state index in [2.05, 4.69) is 4.90 Å². The topological polar surface area (TPSA) is 40.6 Å². The molecule has 5 rings (SSSR count). The zero-order valence-electron chi connectivity index (χ0n) is 17.5. The first-order valence-corrected chi connectivity index (χ1v) is 12.3. The fourth-order valence-electron chi connectivity index (χ4n) is 6.72. The van der Waals surface area contributed by atoms with Crippen LogP contribution in [0.5, 0.6) is 0 Å². The molecule has 28 heavy (non-hydrogen) atoms. The summed E-state index contributed by atoms with van der Waals surface area (Å²) in [5, 5.41) is 0. The van der Waals surface area contributed by atoms with E-state index >= 15 is 0 Å². The molecule has 5 aliphatic rings. The van der Waals surface area contributed by atoms with Crippen LogP contribution >= 0.6 is 0 Å². The molecule has 4 nitrogen and oxygen atoms in total. The summed E-state index contributed by atoms with van der Waals surface area (Å²) in [6, 6.07) is 0.505. The van der Waals surface area contributed by atoms with E-state index in [1.54, 1.807) is 0 Å². The molecule has 0 aromatic carbocycles. The van der Waals surface area contributed by atoms with Crippen molar-refractivity contribution in [2.45, 2.75) is 102 Å². The minimum atomic E-state index is -0.129. The molecule has 2 amide bonds. The molecule has 156 valence electrons. The molecule has 5 fully saturated rings. The first-order valence-electron chi connectivity index (χ1n) is 12.3. The predicted octanol–water partition coefficient (Wildman–Crippen LogP) is 5.01. The van der Waals surface area contributed by atoms with Gasteiger partial charge >= 0.3 is 6.03 Å². The number of amides is 2. The lowest BCUT2D eigenvalue weighted by Gasteiger charge is -2.35. The van der Waals surface area contributed by atoms with Crippen LogP contribution in [-0.4, -0.2) is 46.8 Å². The van der Waals surface area contributed by atoms with E-state index < -0.39 is 0 Å². The van der Waals surface area contributed by atoms with Gasteiger partial charge in [0.1, 0.15) is 0 Å². The maximum atomic E-state index is 13.3. The smallest absolute Gasteiger partial charge is 0.320 e. The van der Waals surface area contributed by atoms with Crippen LogP contribution in [0.15, 0.2) is 0 Å². The van der Waals surface area contributed by atoms with Crippen molar-refractivity contribution in [1.82, 2.24) is 9.80 Å². The standard InChI is InChI=1S/C24H38N2O2/c27-23(9-3-6-20(17-10-11-17)18-12-13-18)22-8-4-15-25(22)24(28)26-16-14-19-5-1-2-7-21(19)26/h17-22H,1-16H2/t19?,21?,22-/m0/s1. The third kappa shape index (κ3) is 3.85. The second kappa shape index (κ2) is 7.99. The highest BCUT2D eigenvalue weighted by Crippen LogP contribution is 2.51. The molecule has 3 saturated carbocycles. The molecule has 2 heterocycles. The average molecular weight is 387 g/mol. The number of rotatable bonds is 7. The van der Waals surface area contributed by atoms with Crippen LogP contribution in [0, 0.1) is 23.7 Å². The molecule has 2 saturated heterocycles. The first kappa shape index (κ1) is 18.9. The van der Waals surface area contributed by atoms with Gasteiger partial charge < -0.3 is 9.80 Å². The Hall–Kier alpha value is -1.06. The van der Waals surface area contributed by atoms with E-state index in [0.29, 0.717) is 18.2 Å². The fourth-order valence-corrected chi connectivity index (χ4v) is 6.72. The van der Waals surface area contributed by atoms with Crippen molar-refractivity contribution in [2.24, 2.45) is 23.7 Å². The van der Waals surface area contributed by atoms with Gasteiger partial charge in [0.05, 0.1) is 6.04 Å². The zero-order valence-corrected chi connectivity index (χ0v) is 17.5. The van der Waals surface area contributed by atoms with E-state index in [0.717, 1.165) is 56.0 Å². The normalized spacial score (nSPS) is 32.8. The van der Waals surface area contributed by atoms with Gasteiger partial charge in [-0.25, -0.2) is 4.79 Å². The number of hydrogen-bond donors (Lipinski definition) is 0. The number of ketones is 1. The summed E-state index contributed by atoms with van der Waals surface area (Å²) in [6.45, 7) is 1.70.